The van der Waals surface area contributed by atoms with Gasteiger partial charge in [-0.15, -0.1) is 11.3 Å². The third-order valence-electron chi connectivity index (χ3n) is 4.77. The maximum Gasteiger partial charge on any atom is 0.270 e. The molecule has 9 heteroatoms. The number of nitrogens with zero attached hydrogens (tertiary/aromatic N) is 2. The van der Waals surface area contributed by atoms with Gasteiger partial charge in [-0.3, -0.25) is 20.2 Å². The number of hydrogen-bond acceptors (Lipinski definition) is 6. The van der Waals surface area contributed by atoms with Gasteiger partial charge in [-0.2, -0.15) is 0 Å². The maximum absolute atomic E-state index is 12.2. The highest BCUT2D eigenvalue weighted by Crippen LogP contribution is 2.32. The van der Waals surface area contributed by atoms with Gasteiger partial charge in [-0.05, 0) is 54.5 Å². The first kappa shape index (κ1) is 22.3. The number of aromatic nitrogens is 1. The first-order chi connectivity index (χ1) is 15.9. The summed E-state index contributed by atoms with van der Waals surface area (Å²) in [6.45, 7) is 1.94. The minimum absolute atomic E-state index is 0.0433. The van der Waals surface area contributed by atoms with E-state index in [0.717, 1.165) is 32.0 Å². The SMILES string of the molecule is Cc1ccc(-c2nc3ccccc3s2)cc1NC(=S)NC(=O)/C=C/c1cccc([N+](=O)[O-])c1. The number of para-hydroxylation sites is 1. The maximum atomic E-state index is 12.2. The van der Waals surface area contributed by atoms with Crippen molar-refractivity contribution in [2.24, 2.45) is 0 Å². The molecule has 7 nitrogen and oxygen atoms in total. The molecular formula is C24H18N4O3S2. The Bertz CT molecular complexity index is 1380. The largest absolute Gasteiger partial charge is 0.332 e. The summed E-state index contributed by atoms with van der Waals surface area (Å²) in [4.78, 5) is 27.3. The molecule has 0 spiro atoms. The van der Waals surface area contributed by atoms with E-state index in [4.69, 9.17) is 12.2 Å². The van der Waals surface area contributed by atoms with Gasteiger partial charge in [0.25, 0.3) is 5.69 Å². The number of aryl methyl sites for hydroxylation is 1. The molecule has 0 saturated carbocycles. The summed E-state index contributed by atoms with van der Waals surface area (Å²) in [6, 6.07) is 19.9. The second-order valence-electron chi connectivity index (χ2n) is 7.15. The van der Waals surface area contributed by atoms with Crippen molar-refractivity contribution in [3.8, 4) is 10.6 Å². The first-order valence-corrected chi connectivity index (χ1v) is 11.1. The zero-order valence-electron chi connectivity index (χ0n) is 17.4. The van der Waals surface area contributed by atoms with E-state index in [0.29, 0.717) is 5.56 Å². The summed E-state index contributed by atoms with van der Waals surface area (Å²) in [7, 11) is 0. The number of anilines is 1. The zero-order chi connectivity index (χ0) is 23.4. The molecular weight excluding hydrogens is 456 g/mol. The number of fused-ring (bicyclic) bond motifs is 1. The van der Waals surface area contributed by atoms with Crippen LogP contribution in [-0.2, 0) is 4.79 Å². The molecule has 1 heterocycles. The van der Waals surface area contributed by atoms with E-state index in [1.54, 1.807) is 23.5 Å². The number of carbonyl (C=O) groups is 1. The number of non-ortho nitro benzene ring substituents is 1. The Balaban J connectivity index is 1.43. The predicted octanol–water partition coefficient (Wildman–Crippen LogP) is 5.71. The molecule has 164 valence electrons. The molecule has 0 unspecified atom stereocenters. The Morgan fingerprint density at radius 3 is 2.73 bits per heavy atom. The van der Waals surface area contributed by atoms with Crippen LogP contribution in [0.25, 0.3) is 26.9 Å². The summed E-state index contributed by atoms with van der Waals surface area (Å²) >= 11 is 6.90. The minimum Gasteiger partial charge on any atom is -0.332 e. The number of nitrogens with one attached hydrogen (secondary N) is 2. The molecule has 0 fully saturated rings. The van der Waals surface area contributed by atoms with Gasteiger partial charge in [-0.25, -0.2) is 4.98 Å². The number of thiazole rings is 1. The number of hydrogen-bond donors (Lipinski definition) is 2. The Morgan fingerprint density at radius 2 is 1.94 bits per heavy atom. The average Bonchev–Trinajstić information content (AvgIpc) is 3.23. The van der Waals surface area contributed by atoms with Crippen LogP contribution < -0.4 is 10.6 Å². The highest BCUT2D eigenvalue weighted by Gasteiger charge is 2.10. The molecule has 0 aliphatic heterocycles. The quantitative estimate of drug-likeness (QED) is 0.167. The van der Waals surface area contributed by atoms with Crippen LogP contribution in [0.3, 0.4) is 0 Å². The minimum atomic E-state index is -0.485. The molecule has 0 radical (unpaired) electrons. The average molecular weight is 475 g/mol. The standard InChI is InChI=1S/C24H18N4O3S2/c1-15-9-11-17(23-25-19-7-2-3-8-21(19)33-23)14-20(15)26-24(32)27-22(29)12-10-16-5-4-6-18(13-16)28(30)31/h2-14H,1H3,(H2,26,27,29,32)/b12-10+. The summed E-state index contributed by atoms with van der Waals surface area (Å²) < 4.78 is 1.11. The molecule has 0 aliphatic rings. The number of benzene rings is 3. The van der Waals surface area contributed by atoms with Gasteiger partial charge in [0, 0.05) is 29.5 Å². The number of nitro groups is 1. The van der Waals surface area contributed by atoms with Crippen molar-refractivity contribution in [1.29, 1.82) is 0 Å². The third-order valence-corrected chi connectivity index (χ3v) is 6.06. The van der Waals surface area contributed by atoms with Crippen molar-refractivity contribution in [1.82, 2.24) is 10.3 Å². The second-order valence-corrected chi connectivity index (χ2v) is 8.58. The summed E-state index contributed by atoms with van der Waals surface area (Å²) in [6.07, 6.45) is 2.77. The van der Waals surface area contributed by atoms with Crippen LogP contribution in [0.5, 0.6) is 0 Å². The molecule has 0 atom stereocenters. The van der Waals surface area contributed by atoms with Gasteiger partial charge in [0.05, 0.1) is 15.1 Å². The van der Waals surface area contributed by atoms with E-state index in [2.05, 4.69) is 15.6 Å². The molecule has 0 aliphatic carbocycles. The van der Waals surface area contributed by atoms with Gasteiger partial charge in [-0.1, -0.05) is 36.4 Å². The van der Waals surface area contributed by atoms with Crippen molar-refractivity contribution in [3.05, 3.63) is 94.0 Å². The smallest absolute Gasteiger partial charge is 0.270 e. The highest BCUT2D eigenvalue weighted by molar-refractivity contribution is 7.80. The molecule has 4 rings (SSSR count). The zero-order valence-corrected chi connectivity index (χ0v) is 19.1. The van der Waals surface area contributed by atoms with Gasteiger partial charge in [0.2, 0.25) is 5.91 Å². The monoisotopic (exact) mass is 474 g/mol. The van der Waals surface area contributed by atoms with E-state index < -0.39 is 10.8 Å². The molecule has 1 aromatic heterocycles. The fourth-order valence-corrected chi connectivity index (χ4v) is 4.28. The van der Waals surface area contributed by atoms with Crippen LogP contribution in [0, 0.1) is 17.0 Å². The lowest BCUT2D eigenvalue weighted by Gasteiger charge is -2.12. The summed E-state index contributed by atoms with van der Waals surface area (Å²) in [5, 5.41) is 17.6. The lowest BCUT2D eigenvalue weighted by atomic mass is 10.1. The molecule has 0 bridgehead atoms. The van der Waals surface area contributed by atoms with Gasteiger partial charge < -0.3 is 5.32 Å². The van der Waals surface area contributed by atoms with Crippen LogP contribution in [0.2, 0.25) is 0 Å². The molecule has 0 saturated heterocycles. The second kappa shape index (κ2) is 9.68. The van der Waals surface area contributed by atoms with Crippen LogP contribution >= 0.6 is 23.6 Å². The fraction of sp³-hybridized carbons (Fsp3) is 0.0417. The van der Waals surface area contributed by atoms with Crippen molar-refractivity contribution < 1.29 is 9.72 Å². The molecule has 33 heavy (non-hydrogen) atoms. The normalized spacial score (nSPS) is 10.9. The van der Waals surface area contributed by atoms with Crippen molar-refractivity contribution >= 4 is 62.2 Å². The number of nitro benzene ring substituents is 1. The number of carbonyl (C=O) groups excluding carboxylic acids is 1. The third kappa shape index (κ3) is 5.46. The number of rotatable bonds is 5. The van der Waals surface area contributed by atoms with Crippen LogP contribution in [0.4, 0.5) is 11.4 Å². The Hall–Kier alpha value is -3.95. The molecule has 4 aromatic rings. The summed E-state index contributed by atoms with van der Waals surface area (Å²) in [5.41, 5.74) is 4.12. The fourth-order valence-electron chi connectivity index (χ4n) is 3.11. The Labute approximate surface area is 198 Å². The topological polar surface area (TPSA) is 97.2 Å². The highest BCUT2D eigenvalue weighted by atomic mass is 32.1. The molecule has 2 N–H and O–H groups in total. The van der Waals surface area contributed by atoms with Gasteiger partial charge in [0.15, 0.2) is 5.11 Å². The van der Waals surface area contributed by atoms with E-state index >= 15 is 0 Å². The lowest BCUT2D eigenvalue weighted by Crippen LogP contribution is -2.33. The van der Waals surface area contributed by atoms with Crippen molar-refractivity contribution in [2.75, 3.05) is 5.32 Å². The van der Waals surface area contributed by atoms with E-state index in [1.807, 2.05) is 49.4 Å². The van der Waals surface area contributed by atoms with Gasteiger partial charge >= 0.3 is 0 Å². The van der Waals surface area contributed by atoms with E-state index in [-0.39, 0.29) is 10.8 Å². The summed E-state index contributed by atoms with van der Waals surface area (Å²) in [5.74, 6) is -0.445. The lowest BCUT2D eigenvalue weighted by molar-refractivity contribution is -0.384. The van der Waals surface area contributed by atoms with Crippen molar-refractivity contribution in [2.45, 2.75) is 6.92 Å². The Morgan fingerprint density at radius 1 is 1.12 bits per heavy atom. The number of thiocarbonyl (C=S) groups is 1. The van der Waals surface area contributed by atoms with Crippen LogP contribution in [0.1, 0.15) is 11.1 Å². The van der Waals surface area contributed by atoms with Gasteiger partial charge in [0.1, 0.15) is 5.01 Å². The van der Waals surface area contributed by atoms with E-state index in [9.17, 15) is 14.9 Å². The van der Waals surface area contributed by atoms with Crippen LogP contribution in [0.15, 0.2) is 72.8 Å². The first-order valence-electron chi connectivity index (χ1n) is 9.90. The van der Waals surface area contributed by atoms with Crippen molar-refractivity contribution in [3.63, 3.8) is 0 Å². The molecule has 1 amide bonds. The number of amides is 1. The predicted molar refractivity (Wildman–Crippen MR) is 136 cm³/mol. The Kier molecular flexibility index (Phi) is 6.53. The molecule has 3 aromatic carbocycles. The van der Waals surface area contributed by atoms with Crippen LogP contribution in [-0.4, -0.2) is 20.9 Å². The van der Waals surface area contributed by atoms with E-state index in [1.165, 1.54) is 24.3 Å².